The summed E-state index contributed by atoms with van der Waals surface area (Å²) in [7, 11) is -4.67. The van der Waals surface area contributed by atoms with Crippen LogP contribution >= 0.6 is 0 Å². The second-order valence-electron chi connectivity index (χ2n) is 0.919. The monoisotopic (exact) mass is 174 g/mol. The quantitative estimate of drug-likeness (QED) is 0.336. The average molecular weight is 174 g/mol. The largest absolute Gasteiger partial charge is 0.412 e. The Morgan fingerprint density at radius 2 is 1.50 bits per heavy atom. The number of hydrogen-bond donors (Lipinski definition) is 3. The normalized spacial score (nSPS) is 8.30. The molecule has 0 saturated carbocycles. The van der Waals surface area contributed by atoms with Crippen molar-refractivity contribution >= 4 is 10.4 Å². The van der Waals surface area contributed by atoms with Gasteiger partial charge in [-0.3, -0.25) is 9.11 Å². The third-order valence-electron chi connectivity index (χ3n) is 0.129. The van der Waals surface area contributed by atoms with E-state index in [1.807, 2.05) is 0 Å². The van der Waals surface area contributed by atoms with Gasteiger partial charge in [-0.15, -0.1) is 6.58 Å². The molecule has 0 aliphatic heterocycles. The Kier molecular flexibility index (Phi) is 13.9. The Morgan fingerprint density at radius 3 is 1.50 bits per heavy atom. The van der Waals surface area contributed by atoms with Gasteiger partial charge in [-0.1, -0.05) is 6.08 Å². The Morgan fingerprint density at radius 1 is 1.40 bits per heavy atom. The topological polar surface area (TPSA) is 126 Å². The molecule has 6 nitrogen and oxygen atoms in total. The molecule has 0 unspecified atom stereocenters. The second kappa shape index (κ2) is 8.53. The summed E-state index contributed by atoms with van der Waals surface area (Å²) in [5.41, 5.74) is 0. The van der Waals surface area contributed by atoms with Gasteiger partial charge in [0.15, 0.2) is 0 Å². The molecular formula is C3H10O6S. The Hall–Kier alpha value is -0.470. The number of aliphatic hydroxyl groups excluding tert-OH is 1. The van der Waals surface area contributed by atoms with Crippen LogP contribution < -0.4 is 0 Å². The van der Waals surface area contributed by atoms with Crippen LogP contribution in [-0.4, -0.2) is 34.7 Å². The average Bonchev–Trinajstić information content (AvgIpc) is 1.61. The summed E-state index contributed by atoms with van der Waals surface area (Å²) >= 11 is 0. The third kappa shape index (κ3) is 1140. The van der Waals surface area contributed by atoms with Crippen LogP contribution in [0.5, 0.6) is 0 Å². The van der Waals surface area contributed by atoms with E-state index in [9.17, 15) is 0 Å². The van der Waals surface area contributed by atoms with Gasteiger partial charge >= 0.3 is 10.4 Å². The van der Waals surface area contributed by atoms with Crippen LogP contribution in [0.4, 0.5) is 0 Å². The van der Waals surface area contributed by atoms with Gasteiger partial charge in [0, 0.05) is 0 Å². The van der Waals surface area contributed by atoms with Gasteiger partial charge in [0.2, 0.25) is 0 Å². The van der Waals surface area contributed by atoms with Crippen molar-refractivity contribution in [2.75, 3.05) is 6.61 Å². The number of hydrogen-bond acceptors (Lipinski definition) is 3. The second-order valence-corrected chi connectivity index (χ2v) is 1.81. The first-order valence-corrected chi connectivity index (χ1v) is 3.23. The molecule has 0 saturated heterocycles. The minimum Gasteiger partial charge on any atom is -0.412 e. The van der Waals surface area contributed by atoms with Crippen molar-refractivity contribution in [3.63, 3.8) is 0 Å². The van der Waals surface area contributed by atoms with Gasteiger partial charge in [-0.25, -0.2) is 0 Å². The zero-order valence-corrected chi connectivity index (χ0v) is 5.87. The number of rotatable bonds is 1. The van der Waals surface area contributed by atoms with Crippen molar-refractivity contribution in [1.82, 2.24) is 0 Å². The SMILES string of the molecule is C=CCO.O.O=S(=O)(O)O. The van der Waals surface area contributed by atoms with Crippen LogP contribution in [0.25, 0.3) is 0 Å². The van der Waals surface area contributed by atoms with Crippen molar-refractivity contribution < 1.29 is 28.1 Å². The molecule has 0 rings (SSSR count). The molecule has 0 aromatic heterocycles. The van der Waals surface area contributed by atoms with Crippen LogP contribution in [0.3, 0.4) is 0 Å². The van der Waals surface area contributed by atoms with Gasteiger partial charge in [0.05, 0.1) is 6.61 Å². The highest BCUT2D eigenvalue weighted by molar-refractivity contribution is 7.79. The van der Waals surface area contributed by atoms with Crippen molar-refractivity contribution in [2.45, 2.75) is 0 Å². The van der Waals surface area contributed by atoms with Crippen LogP contribution in [0.15, 0.2) is 12.7 Å². The molecule has 0 spiro atoms. The summed E-state index contributed by atoms with van der Waals surface area (Å²) in [5, 5.41) is 7.76. The minimum atomic E-state index is -4.67. The third-order valence-corrected chi connectivity index (χ3v) is 0.129. The predicted octanol–water partition coefficient (Wildman–Crippen LogP) is -1.31. The zero-order chi connectivity index (χ0) is 7.91. The molecule has 0 amide bonds. The summed E-state index contributed by atoms with van der Waals surface area (Å²) in [6, 6.07) is 0. The van der Waals surface area contributed by atoms with E-state index in [2.05, 4.69) is 6.58 Å². The summed E-state index contributed by atoms with van der Waals surface area (Å²) in [5.74, 6) is 0. The fourth-order valence-electron chi connectivity index (χ4n) is 0. The Labute approximate surface area is 58.7 Å². The van der Waals surface area contributed by atoms with Crippen LogP contribution in [-0.2, 0) is 10.4 Å². The molecule has 0 heterocycles. The highest BCUT2D eigenvalue weighted by Gasteiger charge is 1.84. The molecule has 0 aliphatic carbocycles. The van der Waals surface area contributed by atoms with E-state index in [1.54, 1.807) is 0 Å². The molecule has 0 fully saturated rings. The van der Waals surface area contributed by atoms with Gasteiger partial charge in [-0.05, 0) is 0 Å². The maximum absolute atomic E-state index is 8.74. The van der Waals surface area contributed by atoms with E-state index in [0.717, 1.165) is 0 Å². The molecule has 10 heavy (non-hydrogen) atoms. The lowest BCUT2D eigenvalue weighted by Crippen LogP contribution is -1.89. The molecule has 0 aromatic rings. The van der Waals surface area contributed by atoms with E-state index in [1.165, 1.54) is 6.08 Å². The smallest absolute Gasteiger partial charge is 0.394 e. The Balaban J connectivity index is -0.0000000910. The van der Waals surface area contributed by atoms with E-state index in [-0.39, 0.29) is 12.1 Å². The lowest BCUT2D eigenvalue weighted by atomic mass is 10.7. The maximum Gasteiger partial charge on any atom is 0.394 e. The van der Waals surface area contributed by atoms with E-state index < -0.39 is 10.4 Å². The van der Waals surface area contributed by atoms with Crippen LogP contribution in [0.1, 0.15) is 0 Å². The fraction of sp³-hybridized carbons (Fsp3) is 0.333. The molecule has 0 bridgehead atoms. The van der Waals surface area contributed by atoms with Crippen molar-refractivity contribution in [3.05, 3.63) is 12.7 Å². The van der Waals surface area contributed by atoms with E-state index in [0.29, 0.717) is 0 Å². The molecule has 5 N–H and O–H groups in total. The van der Waals surface area contributed by atoms with Crippen LogP contribution in [0, 0.1) is 0 Å². The summed E-state index contributed by atoms with van der Waals surface area (Å²) in [6.45, 7) is 3.31. The van der Waals surface area contributed by atoms with Crippen molar-refractivity contribution in [3.8, 4) is 0 Å². The number of aliphatic hydroxyl groups is 1. The molecule has 0 atom stereocenters. The summed E-state index contributed by atoms with van der Waals surface area (Å²) < 4.78 is 31.6. The summed E-state index contributed by atoms with van der Waals surface area (Å²) in [6.07, 6.45) is 1.43. The van der Waals surface area contributed by atoms with Gasteiger partial charge in [0.25, 0.3) is 0 Å². The van der Waals surface area contributed by atoms with Gasteiger partial charge in [-0.2, -0.15) is 8.42 Å². The molecule has 0 aliphatic rings. The first-order valence-electron chi connectivity index (χ1n) is 1.83. The van der Waals surface area contributed by atoms with E-state index in [4.69, 9.17) is 22.6 Å². The first-order chi connectivity index (χ1) is 3.91. The lowest BCUT2D eigenvalue weighted by molar-refractivity contribution is 0.343. The highest BCUT2D eigenvalue weighted by atomic mass is 32.3. The molecule has 7 heteroatoms. The molecular weight excluding hydrogens is 164 g/mol. The van der Waals surface area contributed by atoms with Gasteiger partial charge < -0.3 is 10.6 Å². The van der Waals surface area contributed by atoms with E-state index >= 15 is 0 Å². The standard InChI is InChI=1S/C3H6O.H2O4S.H2O/c1-2-3-4;1-5(2,3)4;/h2,4H,1,3H2;(H2,1,2,3,4);1H2. The summed E-state index contributed by atoms with van der Waals surface area (Å²) in [4.78, 5) is 0. The van der Waals surface area contributed by atoms with Gasteiger partial charge in [0.1, 0.15) is 0 Å². The predicted molar refractivity (Wildman–Crippen MR) is 35.1 cm³/mol. The first kappa shape index (κ1) is 16.3. The lowest BCUT2D eigenvalue weighted by Gasteiger charge is -1.68. The molecule has 64 valence electrons. The highest BCUT2D eigenvalue weighted by Crippen LogP contribution is 1.59. The van der Waals surface area contributed by atoms with Crippen LogP contribution in [0.2, 0.25) is 0 Å². The minimum absolute atomic E-state index is 0. The fourth-order valence-corrected chi connectivity index (χ4v) is 0. The zero-order valence-electron chi connectivity index (χ0n) is 5.06. The van der Waals surface area contributed by atoms with Crippen molar-refractivity contribution in [2.24, 2.45) is 0 Å². The van der Waals surface area contributed by atoms with Crippen molar-refractivity contribution in [1.29, 1.82) is 0 Å². The Bertz CT molecular complexity index is 138. The molecule has 0 aromatic carbocycles. The maximum atomic E-state index is 8.74. The molecule has 0 radical (unpaired) electrons.